The van der Waals surface area contributed by atoms with Crippen LogP contribution in [0.3, 0.4) is 0 Å². The molecule has 2 aromatic rings. The summed E-state index contributed by atoms with van der Waals surface area (Å²) in [5.41, 5.74) is 1.46. The van der Waals surface area contributed by atoms with Crippen LogP contribution in [-0.2, 0) is 14.8 Å². The Bertz CT molecular complexity index is 962. The number of anilines is 1. The Kier molecular flexibility index (Phi) is 6.32. The van der Waals surface area contributed by atoms with Crippen molar-refractivity contribution in [3.63, 3.8) is 0 Å². The number of benzene rings is 2. The molecule has 0 spiro atoms. The second-order valence-electron chi connectivity index (χ2n) is 7.12. The lowest BCUT2D eigenvalue weighted by atomic mass is 10.0. The van der Waals surface area contributed by atoms with E-state index in [-0.39, 0.29) is 11.8 Å². The molecule has 0 radical (unpaired) electrons. The molecule has 156 valence electrons. The summed E-state index contributed by atoms with van der Waals surface area (Å²) in [5, 5.41) is 2.86. The largest absolute Gasteiger partial charge is 0.486 e. The summed E-state index contributed by atoms with van der Waals surface area (Å²) in [6.07, 6.45) is 1.08. The summed E-state index contributed by atoms with van der Waals surface area (Å²) in [7, 11) is -3.70. The molecule has 29 heavy (non-hydrogen) atoms. The smallest absolute Gasteiger partial charge is 0.243 e. The minimum absolute atomic E-state index is 0.105. The van der Waals surface area contributed by atoms with Crippen molar-refractivity contribution in [3.05, 3.63) is 54.1 Å². The SMILES string of the molecule is CC(CNC(=O)C(C)N(c1ccc2c(c1)OCCO2)S(C)(=O)=O)c1ccccc1. The highest BCUT2D eigenvalue weighted by Crippen LogP contribution is 2.35. The molecule has 1 aliphatic heterocycles. The second kappa shape index (κ2) is 8.73. The molecule has 0 saturated carbocycles. The zero-order valence-electron chi connectivity index (χ0n) is 16.8. The van der Waals surface area contributed by atoms with Crippen LogP contribution in [0.25, 0.3) is 0 Å². The molecule has 7 nitrogen and oxygen atoms in total. The molecule has 0 saturated heterocycles. The number of carbonyl (C=O) groups excluding carboxylic acids is 1. The van der Waals surface area contributed by atoms with Gasteiger partial charge >= 0.3 is 0 Å². The third-order valence-corrected chi connectivity index (χ3v) is 6.06. The number of fused-ring (bicyclic) bond motifs is 1. The van der Waals surface area contributed by atoms with Crippen molar-refractivity contribution >= 4 is 21.6 Å². The molecule has 0 aliphatic carbocycles. The number of sulfonamides is 1. The van der Waals surface area contributed by atoms with Gasteiger partial charge in [-0.2, -0.15) is 0 Å². The summed E-state index contributed by atoms with van der Waals surface area (Å²) >= 11 is 0. The Hall–Kier alpha value is -2.74. The van der Waals surface area contributed by atoms with E-state index in [4.69, 9.17) is 9.47 Å². The van der Waals surface area contributed by atoms with E-state index >= 15 is 0 Å². The Balaban J connectivity index is 1.76. The fourth-order valence-corrected chi connectivity index (χ4v) is 4.45. The van der Waals surface area contributed by atoms with E-state index in [0.29, 0.717) is 36.9 Å². The van der Waals surface area contributed by atoms with E-state index < -0.39 is 16.1 Å². The van der Waals surface area contributed by atoms with Gasteiger partial charge in [0.1, 0.15) is 19.3 Å². The molecule has 1 amide bonds. The summed E-state index contributed by atoms with van der Waals surface area (Å²) < 4.78 is 37.1. The highest BCUT2D eigenvalue weighted by Gasteiger charge is 2.30. The number of hydrogen-bond donors (Lipinski definition) is 1. The quantitative estimate of drug-likeness (QED) is 0.747. The number of hydrogen-bond acceptors (Lipinski definition) is 5. The van der Waals surface area contributed by atoms with Crippen LogP contribution in [-0.4, -0.2) is 46.4 Å². The number of rotatable bonds is 7. The van der Waals surface area contributed by atoms with Crippen LogP contribution < -0.4 is 19.1 Å². The summed E-state index contributed by atoms with van der Waals surface area (Å²) in [6.45, 7) is 4.82. The fourth-order valence-electron chi connectivity index (χ4n) is 3.28. The van der Waals surface area contributed by atoms with Crippen molar-refractivity contribution in [1.82, 2.24) is 5.32 Å². The van der Waals surface area contributed by atoms with E-state index in [1.807, 2.05) is 37.3 Å². The molecule has 0 aromatic heterocycles. The summed E-state index contributed by atoms with van der Waals surface area (Å²) in [6, 6.07) is 13.8. The average molecular weight is 419 g/mol. The van der Waals surface area contributed by atoms with Gasteiger partial charge in [0.15, 0.2) is 11.5 Å². The number of amides is 1. The second-order valence-corrected chi connectivity index (χ2v) is 8.98. The molecule has 1 heterocycles. The first-order valence-electron chi connectivity index (χ1n) is 9.49. The Morgan fingerprint density at radius 2 is 1.72 bits per heavy atom. The van der Waals surface area contributed by atoms with Crippen LogP contribution in [0, 0.1) is 0 Å². The van der Waals surface area contributed by atoms with Gasteiger partial charge in [0, 0.05) is 12.6 Å². The van der Waals surface area contributed by atoms with Crippen LogP contribution >= 0.6 is 0 Å². The van der Waals surface area contributed by atoms with Gasteiger partial charge in [0.05, 0.1) is 11.9 Å². The van der Waals surface area contributed by atoms with E-state index in [2.05, 4.69) is 5.32 Å². The number of nitrogens with zero attached hydrogens (tertiary/aromatic N) is 1. The normalized spacial score (nSPS) is 15.3. The highest BCUT2D eigenvalue weighted by atomic mass is 32.2. The Labute approximate surface area is 171 Å². The van der Waals surface area contributed by atoms with E-state index in [1.54, 1.807) is 25.1 Å². The zero-order chi connectivity index (χ0) is 21.0. The van der Waals surface area contributed by atoms with Crippen molar-refractivity contribution in [3.8, 4) is 11.5 Å². The van der Waals surface area contributed by atoms with Gasteiger partial charge in [0.25, 0.3) is 0 Å². The monoisotopic (exact) mass is 418 g/mol. The molecule has 1 aliphatic rings. The van der Waals surface area contributed by atoms with Gasteiger partial charge in [0.2, 0.25) is 15.9 Å². The van der Waals surface area contributed by atoms with E-state index in [9.17, 15) is 13.2 Å². The van der Waals surface area contributed by atoms with Gasteiger partial charge in [-0.15, -0.1) is 0 Å². The maximum Gasteiger partial charge on any atom is 0.243 e. The Morgan fingerprint density at radius 1 is 1.07 bits per heavy atom. The molecule has 2 aromatic carbocycles. The summed E-state index contributed by atoms with van der Waals surface area (Å²) in [5.74, 6) is 0.761. The van der Waals surface area contributed by atoms with Gasteiger partial charge in [-0.05, 0) is 30.5 Å². The first-order chi connectivity index (χ1) is 13.8. The first-order valence-corrected chi connectivity index (χ1v) is 11.3. The molecule has 1 N–H and O–H groups in total. The van der Waals surface area contributed by atoms with E-state index in [1.165, 1.54) is 0 Å². The zero-order valence-corrected chi connectivity index (χ0v) is 17.6. The van der Waals surface area contributed by atoms with Crippen molar-refractivity contribution in [2.24, 2.45) is 0 Å². The van der Waals surface area contributed by atoms with Crippen molar-refractivity contribution in [1.29, 1.82) is 0 Å². The third-order valence-electron chi connectivity index (χ3n) is 4.82. The Morgan fingerprint density at radius 3 is 2.38 bits per heavy atom. The van der Waals surface area contributed by atoms with Crippen molar-refractivity contribution < 1.29 is 22.7 Å². The molecule has 3 rings (SSSR count). The fraction of sp³-hybridized carbons (Fsp3) is 0.381. The van der Waals surface area contributed by atoms with Crippen LogP contribution in [0.1, 0.15) is 25.3 Å². The van der Waals surface area contributed by atoms with Crippen molar-refractivity contribution in [2.45, 2.75) is 25.8 Å². The molecule has 2 atom stereocenters. The van der Waals surface area contributed by atoms with E-state index in [0.717, 1.165) is 16.1 Å². The molecular formula is C21H26N2O5S. The number of nitrogens with one attached hydrogen (secondary N) is 1. The van der Waals surface area contributed by atoms with Gasteiger partial charge in [-0.3, -0.25) is 9.10 Å². The standard InChI is InChI=1S/C21H26N2O5S/c1-15(17-7-5-4-6-8-17)14-22-21(24)16(2)23(29(3,25)26)18-9-10-19-20(13-18)28-12-11-27-19/h4-10,13,15-16H,11-12,14H2,1-3H3,(H,22,24). The van der Waals surface area contributed by atoms with Crippen LogP contribution in [0.2, 0.25) is 0 Å². The van der Waals surface area contributed by atoms with Crippen LogP contribution in [0.15, 0.2) is 48.5 Å². The first kappa shape index (κ1) is 21.0. The average Bonchev–Trinajstić information content (AvgIpc) is 2.71. The predicted molar refractivity (Wildman–Crippen MR) is 112 cm³/mol. The lowest BCUT2D eigenvalue weighted by molar-refractivity contribution is -0.121. The molecule has 2 unspecified atom stereocenters. The van der Waals surface area contributed by atoms with Gasteiger partial charge in [-0.25, -0.2) is 8.42 Å². The molecule has 8 heteroatoms. The number of ether oxygens (including phenoxy) is 2. The lowest BCUT2D eigenvalue weighted by Gasteiger charge is -2.29. The van der Waals surface area contributed by atoms with Crippen LogP contribution in [0.4, 0.5) is 5.69 Å². The third kappa shape index (κ3) is 5.00. The van der Waals surface area contributed by atoms with Gasteiger partial charge in [-0.1, -0.05) is 37.3 Å². The summed E-state index contributed by atoms with van der Waals surface area (Å²) in [4.78, 5) is 12.8. The van der Waals surface area contributed by atoms with Gasteiger partial charge < -0.3 is 14.8 Å². The maximum atomic E-state index is 12.8. The maximum absolute atomic E-state index is 12.8. The molecular weight excluding hydrogens is 392 g/mol. The number of carbonyl (C=O) groups is 1. The molecule has 0 bridgehead atoms. The minimum Gasteiger partial charge on any atom is -0.486 e. The van der Waals surface area contributed by atoms with Crippen molar-refractivity contribution in [2.75, 3.05) is 30.3 Å². The minimum atomic E-state index is -3.70. The predicted octanol–water partition coefficient (Wildman–Crippen LogP) is 2.53. The topological polar surface area (TPSA) is 84.9 Å². The molecule has 0 fully saturated rings. The highest BCUT2D eigenvalue weighted by molar-refractivity contribution is 7.92. The van der Waals surface area contributed by atoms with Crippen LogP contribution in [0.5, 0.6) is 11.5 Å². The lowest BCUT2D eigenvalue weighted by Crippen LogP contribution is -2.48.